The average molecular weight is 323 g/mol. The van der Waals surface area contributed by atoms with Crippen LogP contribution in [0.1, 0.15) is 31.1 Å². The van der Waals surface area contributed by atoms with Crippen molar-refractivity contribution in [2.45, 2.75) is 32.9 Å². The number of halogens is 2. The van der Waals surface area contributed by atoms with Crippen LogP contribution in [0.3, 0.4) is 0 Å². The molecule has 0 radical (unpaired) electrons. The third-order valence-corrected chi connectivity index (χ3v) is 3.67. The van der Waals surface area contributed by atoms with Gasteiger partial charge in [0.15, 0.2) is 17.7 Å². The maximum atomic E-state index is 13.1. The van der Waals surface area contributed by atoms with Crippen LogP contribution in [0, 0.1) is 18.6 Å². The average Bonchev–Trinajstić information content (AvgIpc) is 2.82. The number of rotatable bonds is 5. The quantitative estimate of drug-likeness (QED) is 0.920. The molecule has 0 bridgehead atoms. The van der Waals surface area contributed by atoms with Gasteiger partial charge in [0.1, 0.15) is 5.75 Å². The molecule has 0 spiro atoms. The highest BCUT2D eigenvalue weighted by molar-refractivity contribution is 5.81. The second-order valence-corrected chi connectivity index (χ2v) is 5.38. The van der Waals surface area contributed by atoms with Crippen LogP contribution in [0.15, 0.2) is 24.4 Å². The van der Waals surface area contributed by atoms with E-state index in [2.05, 4.69) is 10.4 Å². The lowest BCUT2D eigenvalue weighted by Crippen LogP contribution is -2.37. The van der Waals surface area contributed by atoms with Crippen molar-refractivity contribution < 1.29 is 18.3 Å². The van der Waals surface area contributed by atoms with Gasteiger partial charge in [-0.25, -0.2) is 8.78 Å². The first-order valence-corrected chi connectivity index (χ1v) is 7.20. The zero-order chi connectivity index (χ0) is 17.1. The lowest BCUT2D eigenvalue weighted by Gasteiger charge is -2.18. The summed E-state index contributed by atoms with van der Waals surface area (Å²) < 4.78 is 33.1. The number of hydrogen-bond acceptors (Lipinski definition) is 3. The van der Waals surface area contributed by atoms with Crippen molar-refractivity contribution in [2.75, 3.05) is 0 Å². The Bertz CT molecular complexity index is 715. The number of nitrogens with one attached hydrogen (secondary N) is 1. The van der Waals surface area contributed by atoms with Gasteiger partial charge in [-0.1, -0.05) is 0 Å². The number of ether oxygens (including phenoxy) is 1. The summed E-state index contributed by atoms with van der Waals surface area (Å²) in [7, 11) is 1.82. The normalized spacial score (nSPS) is 13.5. The Morgan fingerprint density at radius 1 is 1.30 bits per heavy atom. The summed E-state index contributed by atoms with van der Waals surface area (Å²) in [4.78, 5) is 12.2. The first kappa shape index (κ1) is 16.9. The Kier molecular flexibility index (Phi) is 4.98. The van der Waals surface area contributed by atoms with Gasteiger partial charge in [-0.05, 0) is 32.9 Å². The van der Waals surface area contributed by atoms with E-state index in [1.54, 1.807) is 17.8 Å². The number of aromatic nitrogens is 2. The SMILES string of the molecule is Cc1c([C@@H](C)NC(=O)[C@H](C)Oc2ccc(F)c(F)c2)cnn1C. The number of amides is 1. The topological polar surface area (TPSA) is 56.1 Å². The van der Waals surface area contributed by atoms with Crippen LogP contribution in [0.2, 0.25) is 0 Å². The minimum Gasteiger partial charge on any atom is -0.481 e. The van der Waals surface area contributed by atoms with E-state index < -0.39 is 17.7 Å². The standard InChI is InChI=1S/C16H19F2N3O2/c1-9(13-8-19-21(4)10(13)2)20-16(22)11(3)23-12-5-6-14(17)15(18)7-12/h5-9,11H,1-4H3,(H,20,22)/t9-,11+/m1/s1. The number of carbonyl (C=O) groups excluding carboxylic acids is 1. The lowest BCUT2D eigenvalue weighted by molar-refractivity contribution is -0.127. The molecule has 5 nitrogen and oxygen atoms in total. The molecule has 0 aliphatic rings. The van der Waals surface area contributed by atoms with Gasteiger partial charge in [0.25, 0.3) is 5.91 Å². The molecule has 0 saturated carbocycles. The molecule has 2 rings (SSSR count). The summed E-state index contributed by atoms with van der Waals surface area (Å²) in [6.45, 7) is 5.29. The first-order chi connectivity index (χ1) is 10.8. The molecule has 1 aromatic heterocycles. The van der Waals surface area contributed by atoms with Crippen molar-refractivity contribution in [1.29, 1.82) is 0 Å². The fourth-order valence-corrected chi connectivity index (χ4v) is 2.16. The van der Waals surface area contributed by atoms with Crippen molar-refractivity contribution in [3.63, 3.8) is 0 Å². The molecular weight excluding hydrogens is 304 g/mol. The fraction of sp³-hybridized carbons (Fsp3) is 0.375. The van der Waals surface area contributed by atoms with Gasteiger partial charge in [-0.15, -0.1) is 0 Å². The zero-order valence-corrected chi connectivity index (χ0v) is 13.4. The minimum atomic E-state index is -1.02. The fourth-order valence-electron chi connectivity index (χ4n) is 2.16. The van der Waals surface area contributed by atoms with Crippen molar-refractivity contribution in [1.82, 2.24) is 15.1 Å². The molecule has 1 amide bonds. The Labute approximate surface area is 133 Å². The monoisotopic (exact) mass is 323 g/mol. The van der Waals surface area contributed by atoms with Crippen LogP contribution in [0.25, 0.3) is 0 Å². The van der Waals surface area contributed by atoms with Crippen LogP contribution >= 0.6 is 0 Å². The molecule has 1 aromatic carbocycles. The molecule has 1 N–H and O–H groups in total. The molecule has 0 saturated heterocycles. The maximum Gasteiger partial charge on any atom is 0.261 e. The van der Waals surface area contributed by atoms with Gasteiger partial charge in [-0.3, -0.25) is 9.48 Å². The maximum absolute atomic E-state index is 13.1. The molecule has 2 atom stereocenters. The smallest absolute Gasteiger partial charge is 0.261 e. The molecule has 7 heteroatoms. The van der Waals surface area contributed by atoms with Crippen molar-refractivity contribution in [3.8, 4) is 5.75 Å². The molecule has 1 heterocycles. The van der Waals surface area contributed by atoms with Crippen LogP contribution in [0.5, 0.6) is 5.75 Å². The largest absolute Gasteiger partial charge is 0.481 e. The summed E-state index contributed by atoms with van der Waals surface area (Å²) in [5.74, 6) is -2.24. The second kappa shape index (κ2) is 6.76. The van der Waals surface area contributed by atoms with Gasteiger partial charge < -0.3 is 10.1 Å². The number of carbonyl (C=O) groups is 1. The predicted octanol–water partition coefficient (Wildman–Crippen LogP) is 2.65. The summed E-state index contributed by atoms with van der Waals surface area (Å²) in [6.07, 6.45) is 0.848. The van der Waals surface area contributed by atoms with E-state index in [1.807, 2.05) is 20.9 Å². The van der Waals surface area contributed by atoms with E-state index in [0.717, 1.165) is 23.4 Å². The van der Waals surface area contributed by atoms with Gasteiger partial charge >= 0.3 is 0 Å². The summed E-state index contributed by atoms with van der Waals surface area (Å²) in [5.41, 5.74) is 1.85. The predicted molar refractivity (Wildman–Crippen MR) is 81.0 cm³/mol. The Hall–Kier alpha value is -2.44. The Morgan fingerprint density at radius 3 is 2.57 bits per heavy atom. The number of hydrogen-bond donors (Lipinski definition) is 1. The highest BCUT2D eigenvalue weighted by Crippen LogP contribution is 2.18. The third-order valence-electron chi connectivity index (χ3n) is 3.67. The van der Waals surface area contributed by atoms with E-state index in [-0.39, 0.29) is 17.7 Å². The molecule has 23 heavy (non-hydrogen) atoms. The molecule has 124 valence electrons. The van der Waals surface area contributed by atoms with E-state index in [1.165, 1.54) is 6.07 Å². The molecule has 0 fully saturated rings. The Morgan fingerprint density at radius 2 is 2.00 bits per heavy atom. The first-order valence-electron chi connectivity index (χ1n) is 7.20. The number of aryl methyl sites for hydroxylation is 1. The molecule has 0 aliphatic heterocycles. The summed E-state index contributed by atoms with van der Waals surface area (Å²) >= 11 is 0. The van der Waals surface area contributed by atoms with Crippen molar-refractivity contribution >= 4 is 5.91 Å². The van der Waals surface area contributed by atoms with Gasteiger partial charge in [-0.2, -0.15) is 5.10 Å². The van der Waals surface area contributed by atoms with E-state index in [0.29, 0.717) is 0 Å². The van der Waals surface area contributed by atoms with Crippen LogP contribution in [0.4, 0.5) is 8.78 Å². The summed E-state index contributed by atoms with van der Waals surface area (Å²) in [6, 6.07) is 2.90. The molecule has 2 aromatic rings. The van der Waals surface area contributed by atoms with Crippen molar-refractivity contribution in [2.24, 2.45) is 7.05 Å². The highest BCUT2D eigenvalue weighted by Gasteiger charge is 2.20. The van der Waals surface area contributed by atoms with Crippen molar-refractivity contribution in [3.05, 3.63) is 47.3 Å². The van der Waals surface area contributed by atoms with Gasteiger partial charge in [0.2, 0.25) is 0 Å². The van der Waals surface area contributed by atoms with E-state index in [4.69, 9.17) is 4.74 Å². The number of nitrogens with zero attached hydrogens (tertiary/aromatic N) is 2. The van der Waals surface area contributed by atoms with Crippen LogP contribution in [-0.4, -0.2) is 21.8 Å². The highest BCUT2D eigenvalue weighted by atomic mass is 19.2. The van der Waals surface area contributed by atoms with Gasteiger partial charge in [0.05, 0.1) is 12.2 Å². The van der Waals surface area contributed by atoms with Crippen LogP contribution < -0.4 is 10.1 Å². The van der Waals surface area contributed by atoms with Gasteiger partial charge in [0, 0.05) is 24.4 Å². The lowest BCUT2D eigenvalue weighted by atomic mass is 10.1. The van der Waals surface area contributed by atoms with E-state index >= 15 is 0 Å². The van der Waals surface area contributed by atoms with Crippen LogP contribution in [-0.2, 0) is 11.8 Å². The molecule has 0 aliphatic carbocycles. The molecular formula is C16H19F2N3O2. The summed E-state index contributed by atoms with van der Waals surface area (Å²) in [5, 5.41) is 6.94. The Balaban J connectivity index is 1.99. The second-order valence-electron chi connectivity index (χ2n) is 5.38. The third kappa shape index (κ3) is 3.85. The van der Waals surface area contributed by atoms with E-state index in [9.17, 15) is 13.6 Å². The number of benzene rings is 1. The minimum absolute atomic E-state index is 0.0942. The zero-order valence-electron chi connectivity index (χ0n) is 13.4. The molecule has 0 unspecified atom stereocenters.